The smallest absolute Gasteiger partial charge is 0.410 e. The standard InChI is InChI=1S/C39H52N6O7/c1-4-51-34(46)25-42-16-10-29(11-17-42)30-12-18-43(19-13-30)37(48)33(24-28-22-26(2)35(47)27(3)23-28)52-39(50)44-20-14-32(15-21-44)45-38(49)40-36(41-45)31-8-6-5-7-9-31/h5-9,22-23,29-30,32-33,47H,4,10-21,24-25H2,1-3H3,(H,40,41,49)/t33-/m1/s1. The van der Waals surface area contributed by atoms with E-state index >= 15 is 0 Å². The summed E-state index contributed by atoms with van der Waals surface area (Å²) >= 11 is 0. The number of carbonyl (C=O) groups is 3. The summed E-state index contributed by atoms with van der Waals surface area (Å²) in [7, 11) is 0. The number of phenolic OH excluding ortho intramolecular Hbond substituents is 1. The predicted octanol–water partition coefficient (Wildman–Crippen LogP) is 4.46. The number of ether oxygens (including phenoxy) is 2. The molecule has 0 bridgehead atoms. The molecule has 1 aromatic heterocycles. The van der Waals surface area contributed by atoms with E-state index in [0.29, 0.717) is 81.0 Å². The Morgan fingerprint density at radius 3 is 2.10 bits per heavy atom. The lowest BCUT2D eigenvalue weighted by molar-refractivity contribution is -0.144. The lowest BCUT2D eigenvalue weighted by atomic mass is 9.78. The van der Waals surface area contributed by atoms with Crippen molar-refractivity contribution >= 4 is 18.0 Å². The third-order valence-electron chi connectivity index (χ3n) is 11.1. The van der Waals surface area contributed by atoms with E-state index in [1.165, 1.54) is 4.68 Å². The number of aryl methyl sites for hydroxylation is 2. The summed E-state index contributed by atoms with van der Waals surface area (Å²) in [5.41, 5.74) is 2.76. The van der Waals surface area contributed by atoms with E-state index in [1.807, 2.05) is 68.1 Å². The molecular formula is C39H52N6O7. The van der Waals surface area contributed by atoms with Gasteiger partial charge in [-0.25, -0.2) is 14.3 Å². The highest BCUT2D eigenvalue weighted by Crippen LogP contribution is 2.33. The van der Waals surface area contributed by atoms with Gasteiger partial charge in [-0.15, -0.1) is 5.10 Å². The summed E-state index contributed by atoms with van der Waals surface area (Å²) < 4.78 is 12.6. The van der Waals surface area contributed by atoms with Gasteiger partial charge in [0.1, 0.15) is 5.75 Å². The molecule has 3 aliphatic heterocycles. The first-order chi connectivity index (χ1) is 25.1. The van der Waals surface area contributed by atoms with Crippen LogP contribution in [0.1, 0.15) is 68.2 Å². The van der Waals surface area contributed by atoms with Crippen molar-refractivity contribution in [2.24, 2.45) is 11.8 Å². The summed E-state index contributed by atoms with van der Waals surface area (Å²) in [6.07, 6.45) is 3.52. The Balaban J connectivity index is 1.06. The number of nitrogens with zero attached hydrogens (tertiary/aromatic N) is 5. The van der Waals surface area contributed by atoms with Gasteiger partial charge in [0.2, 0.25) is 0 Å². The second-order valence-electron chi connectivity index (χ2n) is 14.5. The third-order valence-corrected chi connectivity index (χ3v) is 11.1. The minimum absolute atomic E-state index is 0.170. The summed E-state index contributed by atoms with van der Waals surface area (Å²) in [4.78, 5) is 60.9. The van der Waals surface area contributed by atoms with Crippen LogP contribution in [0.5, 0.6) is 5.75 Å². The average molecular weight is 717 g/mol. The number of hydrogen-bond donors (Lipinski definition) is 2. The van der Waals surface area contributed by atoms with Gasteiger partial charge in [-0.1, -0.05) is 42.5 Å². The van der Waals surface area contributed by atoms with E-state index in [1.54, 1.807) is 4.90 Å². The highest BCUT2D eigenvalue weighted by molar-refractivity contribution is 5.84. The fraction of sp³-hybridized carbons (Fsp3) is 0.564. The Bertz CT molecular complexity index is 1730. The topological polar surface area (TPSA) is 150 Å². The Hall–Kier alpha value is -4.65. The van der Waals surface area contributed by atoms with Crippen molar-refractivity contribution in [2.45, 2.75) is 77.9 Å². The number of esters is 1. The maximum Gasteiger partial charge on any atom is 0.410 e. The second-order valence-corrected chi connectivity index (χ2v) is 14.5. The number of carbonyl (C=O) groups excluding carboxylic acids is 3. The number of aromatic nitrogens is 3. The molecule has 2 aromatic carbocycles. The largest absolute Gasteiger partial charge is 0.507 e. The molecule has 0 radical (unpaired) electrons. The number of phenols is 1. The maximum absolute atomic E-state index is 14.1. The van der Waals surface area contributed by atoms with Gasteiger partial charge in [-0.2, -0.15) is 0 Å². The van der Waals surface area contributed by atoms with Crippen molar-refractivity contribution in [1.82, 2.24) is 29.5 Å². The first kappa shape index (κ1) is 37.1. The maximum atomic E-state index is 14.1. The SMILES string of the molecule is CCOC(=O)CN1CCC(C2CCN(C(=O)[C@@H](Cc3cc(C)c(O)c(C)c3)OC(=O)N3CCC(n4nc(-c5ccccc5)[nH]c4=O)CC3)CC2)CC1. The molecule has 3 saturated heterocycles. The van der Waals surface area contributed by atoms with Crippen LogP contribution in [0.2, 0.25) is 0 Å². The normalized spacial score (nSPS) is 18.7. The molecule has 3 aromatic rings. The zero-order valence-corrected chi connectivity index (χ0v) is 30.6. The van der Waals surface area contributed by atoms with Gasteiger partial charge in [0.15, 0.2) is 11.9 Å². The van der Waals surface area contributed by atoms with Crippen molar-refractivity contribution in [1.29, 1.82) is 0 Å². The summed E-state index contributed by atoms with van der Waals surface area (Å²) in [6.45, 7) is 9.87. The number of hydrogen-bond acceptors (Lipinski definition) is 9. The van der Waals surface area contributed by atoms with Crippen molar-refractivity contribution in [2.75, 3.05) is 52.4 Å². The van der Waals surface area contributed by atoms with Crippen molar-refractivity contribution in [3.63, 3.8) is 0 Å². The fourth-order valence-electron chi connectivity index (χ4n) is 8.12. The number of aromatic hydroxyl groups is 1. The van der Waals surface area contributed by atoms with E-state index < -0.39 is 12.2 Å². The minimum Gasteiger partial charge on any atom is -0.507 e. The van der Waals surface area contributed by atoms with E-state index in [-0.39, 0.29) is 35.8 Å². The first-order valence-corrected chi connectivity index (χ1v) is 18.7. The Morgan fingerprint density at radius 1 is 0.885 bits per heavy atom. The molecule has 0 aliphatic carbocycles. The number of benzene rings is 2. The summed E-state index contributed by atoms with van der Waals surface area (Å²) in [5.74, 6) is 1.40. The van der Waals surface area contributed by atoms with Crippen LogP contribution in [0.15, 0.2) is 47.3 Å². The van der Waals surface area contributed by atoms with Crippen molar-refractivity contribution < 1.29 is 29.0 Å². The van der Waals surface area contributed by atoms with E-state index in [4.69, 9.17) is 9.47 Å². The molecule has 6 rings (SSSR count). The number of H-pyrrole nitrogens is 1. The van der Waals surface area contributed by atoms with Gasteiger partial charge in [-0.05, 0) is 101 Å². The van der Waals surface area contributed by atoms with E-state index in [9.17, 15) is 24.3 Å². The van der Waals surface area contributed by atoms with E-state index in [0.717, 1.165) is 49.9 Å². The van der Waals surface area contributed by atoms with Gasteiger partial charge < -0.3 is 24.4 Å². The highest BCUT2D eigenvalue weighted by Gasteiger charge is 2.36. The van der Waals surface area contributed by atoms with Crippen LogP contribution in [0, 0.1) is 25.7 Å². The minimum atomic E-state index is -1.02. The number of rotatable bonds is 10. The quantitative estimate of drug-likeness (QED) is 0.290. The Morgan fingerprint density at radius 2 is 1.48 bits per heavy atom. The van der Waals surface area contributed by atoms with Gasteiger partial charge in [-0.3, -0.25) is 19.5 Å². The third kappa shape index (κ3) is 8.86. The average Bonchev–Trinajstić information content (AvgIpc) is 3.55. The van der Waals surface area contributed by atoms with Gasteiger partial charge >= 0.3 is 17.8 Å². The van der Waals surface area contributed by atoms with Crippen LogP contribution >= 0.6 is 0 Å². The molecule has 280 valence electrons. The molecule has 3 fully saturated rings. The monoisotopic (exact) mass is 716 g/mol. The lowest BCUT2D eigenvalue weighted by Crippen LogP contribution is -2.49. The molecule has 13 nitrogen and oxygen atoms in total. The predicted molar refractivity (Wildman–Crippen MR) is 195 cm³/mol. The zero-order chi connectivity index (χ0) is 36.8. The number of piperidine rings is 3. The molecule has 2 N–H and O–H groups in total. The molecule has 0 spiro atoms. The van der Waals surface area contributed by atoms with Crippen LogP contribution in [0.4, 0.5) is 4.79 Å². The molecule has 4 heterocycles. The van der Waals surface area contributed by atoms with Gasteiger partial charge in [0.05, 0.1) is 19.2 Å². The summed E-state index contributed by atoms with van der Waals surface area (Å²) in [5, 5.41) is 14.9. The van der Waals surface area contributed by atoms with Crippen LogP contribution < -0.4 is 5.69 Å². The van der Waals surface area contributed by atoms with Crippen LogP contribution in [-0.4, -0.2) is 111 Å². The van der Waals surface area contributed by atoms with Crippen LogP contribution in [0.25, 0.3) is 11.4 Å². The molecule has 52 heavy (non-hydrogen) atoms. The number of nitrogens with one attached hydrogen (secondary N) is 1. The Kier molecular flexibility index (Phi) is 12.0. The van der Waals surface area contributed by atoms with Gasteiger partial charge in [0.25, 0.3) is 5.91 Å². The fourth-order valence-corrected chi connectivity index (χ4v) is 8.12. The molecule has 1 atom stereocenters. The van der Waals surface area contributed by atoms with Crippen molar-refractivity contribution in [3.8, 4) is 17.1 Å². The lowest BCUT2D eigenvalue weighted by Gasteiger charge is -2.40. The number of aromatic amines is 1. The van der Waals surface area contributed by atoms with Crippen LogP contribution in [-0.2, 0) is 25.5 Å². The molecular weight excluding hydrogens is 664 g/mol. The van der Waals surface area contributed by atoms with Gasteiger partial charge in [0, 0.05) is 38.2 Å². The molecule has 0 saturated carbocycles. The molecule has 2 amide bonds. The number of amides is 2. The summed E-state index contributed by atoms with van der Waals surface area (Å²) in [6, 6.07) is 13.0. The van der Waals surface area contributed by atoms with Crippen molar-refractivity contribution in [3.05, 3.63) is 69.6 Å². The number of likely N-dealkylation sites (tertiary alicyclic amines) is 3. The van der Waals surface area contributed by atoms with E-state index in [2.05, 4.69) is 15.0 Å². The molecule has 13 heteroatoms. The second kappa shape index (κ2) is 16.8. The van der Waals surface area contributed by atoms with Crippen LogP contribution in [0.3, 0.4) is 0 Å². The Labute approximate surface area is 304 Å². The highest BCUT2D eigenvalue weighted by atomic mass is 16.6. The zero-order valence-electron chi connectivity index (χ0n) is 30.6. The first-order valence-electron chi connectivity index (χ1n) is 18.7. The molecule has 3 aliphatic rings. The molecule has 0 unspecified atom stereocenters.